The number of aryl methyl sites for hydroxylation is 1. The molecular formula is C23H19NO4. The van der Waals surface area contributed by atoms with Gasteiger partial charge in [-0.05, 0) is 48.4 Å². The van der Waals surface area contributed by atoms with Crippen molar-refractivity contribution in [1.82, 2.24) is 0 Å². The van der Waals surface area contributed by atoms with Crippen LogP contribution in [0.15, 0.2) is 72.8 Å². The minimum Gasteiger partial charge on any atom is -0.425 e. The monoisotopic (exact) mass is 373 g/mol. The average molecular weight is 373 g/mol. The number of esters is 2. The summed E-state index contributed by atoms with van der Waals surface area (Å²) in [7, 11) is 0. The van der Waals surface area contributed by atoms with Crippen LogP contribution in [-0.4, -0.2) is 18.0 Å². The molecule has 1 atom stereocenters. The van der Waals surface area contributed by atoms with Crippen LogP contribution in [0, 0.1) is 6.92 Å². The highest BCUT2D eigenvalue weighted by Gasteiger charge is 2.29. The third-order valence-corrected chi connectivity index (χ3v) is 4.54. The van der Waals surface area contributed by atoms with Crippen molar-refractivity contribution in [1.29, 1.82) is 0 Å². The van der Waals surface area contributed by atoms with Crippen molar-refractivity contribution in [3.8, 4) is 11.5 Å². The van der Waals surface area contributed by atoms with Crippen LogP contribution < -0.4 is 14.8 Å². The molecule has 1 unspecified atom stereocenters. The molecule has 28 heavy (non-hydrogen) atoms. The first-order chi connectivity index (χ1) is 13.6. The molecule has 1 N–H and O–H groups in total. The number of benzene rings is 3. The smallest absolute Gasteiger partial charge is 0.343 e. The zero-order chi connectivity index (χ0) is 19.5. The highest BCUT2D eigenvalue weighted by atomic mass is 16.5. The minimum absolute atomic E-state index is 0.338. The summed E-state index contributed by atoms with van der Waals surface area (Å²) in [6, 6.07) is 21.2. The number of hydrogen-bond donors (Lipinski definition) is 1. The van der Waals surface area contributed by atoms with Crippen molar-refractivity contribution >= 4 is 17.6 Å². The van der Waals surface area contributed by atoms with Gasteiger partial charge < -0.3 is 14.8 Å². The quantitative estimate of drug-likeness (QED) is 0.550. The first-order valence-electron chi connectivity index (χ1n) is 9.03. The number of hydrogen-bond acceptors (Lipinski definition) is 5. The molecule has 0 fully saturated rings. The van der Waals surface area contributed by atoms with Crippen molar-refractivity contribution in [2.75, 3.05) is 5.32 Å². The number of ether oxygens (including phenoxy) is 2. The maximum atomic E-state index is 12.4. The second kappa shape index (κ2) is 7.56. The van der Waals surface area contributed by atoms with Gasteiger partial charge in [-0.3, -0.25) is 0 Å². The number of fused-ring (bicyclic) bond motifs is 1. The lowest BCUT2D eigenvalue weighted by molar-refractivity contribution is -0.136. The third kappa shape index (κ3) is 3.88. The molecule has 0 amide bonds. The lowest BCUT2D eigenvalue weighted by atomic mass is 10.0. The molecule has 1 aliphatic rings. The summed E-state index contributed by atoms with van der Waals surface area (Å²) in [5.41, 5.74) is 3.32. The van der Waals surface area contributed by atoms with Gasteiger partial charge >= 0.3 is 11.9 Å². The van der Waals surface area contributed by atoms with E-state index in [0.29, 0.717) is 23.5 Å². The number of carbonyl (C=O) groups excluding carboxylic acids is 2. The minimum atomic E-state index is -0.466. The standard InChI is InChI=1S/C23H19NO4/c1-15-6-5-9-18(12-15)24-20-13-17-10-11-19(14-21(17)28-23(20)26)27-22(25)16-7-3-2-4-8-16/h2-12,14,20,24H,13H2,1H3. The van der Waals surface area contributed by atoms with Gasteiger partial charge in [-0.1, -0.05) is 36.4 Å². The molecular weight excluding hydrogens is 354 g/mol. The molecule has 0 spiro atoms. The van der Waals surface area contributed by atoms with E-state index in [1.54, 1.807) is 36.4 Å². The molecule has 1 aliphatic heterocycles. The second-order valence-electron chi connectivity index (χ2n) is 6.72. The van der Waals surface area contributed by atoms with Crippen LogP contribution in [0.4, 0.5) is 5.69 Å². The van der Waals surface area contributed by atoms with Crippen molar-refractivity contribution in [3.05, 3.63) is 89.5 Å². The Kier molecular flexibility index (Phi) is 4.81. The Balaban J connectivity index is 1.48. The summed E-state index contributed by atoms with van der Waals surface area (Å²) in [6.45, 7) is 2.00. The van der Waals surface area contributed by atoms with Crippen molar-refractivity contribution in [2.24, 2.45) is 0 Å². The summed E-state index contributed by atoms with van der Waals surface area (Å²) in [5.74, 6) is -0.0571. The van der Waals surface area contributed by atoms with Gasteiger partial charge in [0.05, 0.1) is 5.56 Å². The fraction of sp³-hybridized carbons (Fsp3) is 0.130. The predicted octanol–water partition coefficient (Wildman–Crippen LogP) is 4.16. The molecule has 5 heteroatoms. The largest absolute Gasteiger partial charge is 0.425 e. The second-order valence-corrected chi connectivity index (χ2v) is 6.72. The Bertz CT molecular complexity index is 1030. The predicted molar refractivity (Wildman–Crippen MR) is 106 cm³/mol. The fourth-order valence-corrected chi connectivity index (χ4v) is 3.13. The molecule has 1 heterocycles. The Hall–Kier alpha value is -3.60. The van der Waals surface area contributed by atoms with E-state index in [1.807, 2.05) is 43.3 Å². The van der Waals surface area contributed by atoms with E-state index in [1.165, 1.54) is 0 Å². The van der Waals surface area contributed by atoms with Crippen LogP contribution in [-0.2, 0) is 11.2 Å². The Labute approximate surface area is 162 Å². The van der Waals surface area contributed by atoms with E-state index in [0.717, 1.165) is 16.8 Å². The molecule has 0 aromatic heterocycles. The molecule has 0 saturated carbocycles. The Morgan fingerprint density at radius 3 is 2.64 bits per heavy atom. The number of anilines is 1. The first-order valence-corrected chi connectivity index (χ1v) is 9.03. The van der Waals surface area contributed by atoms with Crippen molar-refractivity contribution in [2.45, 2.75) is 19.4 Å². The molecule has 0 radical (unpaired) electrons. The highest BCUT2D eigenvalue weighted by Crippen LogP contribution is 2.31. The van der Waals surface area contributed by atoms with Crippen molar-refractivity contribution in [3.63, 3.8) is 0 Å². The van der Waals surface area contributed by atoms with Crippen LogP contribution in [0.25, 0.3) is 0 Å². The Morgan fingerprint density at radius 1 is 1.04 bits per heavy atom. The van der Waals surface area contributed by atoms with Gasteiger partial charge in [0.25, 0.3) is 0 Å². The van der Waals surface area contributed by atoms with Gasteiger partial charge in [-0.25, -0.2) is 9.59 Å². The average Bonchev–Trinajstić information content (AvgIpc) is 2.69. The SMILES string of the molecule is Cc1cccc(NC2Cc3ccc(OC(=O)c4ccccc4)cc3OC2=O)c1. The van der Waals surface area contributed by atoms with Gasteiger partial charge in [0.2, 0.25) is 0 Å². The summed E-state index contributed by atoms with van der Waals surface area (Å²) in [4.78, 5) is 24.6. The summed E-state index contributed by atoms with van der Waals surface area (Å²) in [6.07, 6.45) is 0.495. The van der Waals surface area contributed by atoms with Gasteiger partial charge in [0, 0.05) is 18.2 Å². The highest BCUT2D eigenvalue weighted by molar-refractivity contribution is 5.91. The van der Waals surface area contributed by atoms with E-state index in [2.05, 4.69) is 5.32 Å². The maximum absolute atomic E-state index is 12.4. The molecule has 3 aromatic carbocycles. The fourth-order valence-electron chi connectivity index (χ4n) is 3.13. The van der Waals surface area contributed by atoms with Gasteiger partial charge in [-0.15, -0.1) is 0 Å². The van der Waals surface area contributed by atoms with Gasteiger partial charge in [0.15, 0.2) is 0 Å². The molecule has 0 saturated heterocycles. The van der Waals surface area contributed by atoms with Crippen LogP contribution in [0.1, 0.15) is 21.5 Å². The van der Waals surface area contributed by atoms with E-state index >= 15 is 0 Å². The van der Waals surface area contributed by atoms with Crippen LogP contribution in [0.3, 0.4) is 0 Å². The number of carbonyl (C=O) groups is 2. The summed E-state index contributed by atoms with van der Waals surface area (Å²) in [5, 5.41) is 3.22. The molecule has 140 valence electrons. The van der Waals surface area contributed by atoms with Crippen LogP contribution >= 0.6 is 0 Å². The lowest BCUT2D eigenvalue weighted by Gasteiger charge is -2.25. The maximum Gasteiger partial charge on any atom is 0.343 e. The van der Waals surface area contributed by atoms with E-state index in [9.17, 15) is 9.59 Å². The topological polar surface area (TPSA) is 64.6 Å². The zero-order valence-corrected chi connectivity index (χ0v) is 15.3. The summed E-state index contributed by atoms with van der Waals surface area (Å²) < 4.78 is 10.9. The van der Waals surface area contributed by atoms with E-state index < -0.39 is 12.0 Å². The molecule has 4 rings (SSSR count). The summed E-state index contributed by atoms with van der Waals surface area (Å²) >= 11 is 0. The van der Waals surface area contributed by atoms with Crippen LogP contribution in [0.5, 0.6) is 11.5 Å². The van der Waals surface area contributed by atoms with Crippen LogP contribution in [0.2, 0.25) is 0 Å². The molecule has 0 aliphatic carbocycles. The Morgan fingerprint density at radius 2 is 1.86 bits per heavy atom. The van der Waals surface area contributed by atoms with Gasteiger partial charge in [0.1, 0.15) is 17.5 Å². The number of rotatable bonds is 4. The van der Waals surface area contributed by atoms with Crippen molar-refractivity contribution < 1.29 is 19.1 Å². The third-order valence-electron chi connectivity index (χ3n) is 4.54. The lowest BCUT2D eigenvalue weighted by Crippen LogP contribution is -2.38. The molecule has 5 nitrogen and oxygen atoms in total. The van der Waals surface area contributed by atoms with E-state index in [4.69, 9.17) is 9.47 Å². The van der Waals surface area contributed by atoms with Gasteiger partial charge in [-0.2, -0.15) is 0 Å². The zero-order valence-electron chi connectivity index (χ0n) is 15.3. The normalized spacial score (nSPS) is 15.3. The number of nitrogens with one attached hydrogen (secondary N) is 1. The van der Waals surface area contributed by atoms with E-state index in [-0.39, 0.29) is 5.97 Å². The first kappa shape index (κ1) is 17.8. The molecule has 3 aromatic rings. The molecule has 0 bridgehead atoms.